The van der Waals surface area contributed by atoms with E-state index in [2.05, 4.69) is 16.4 Å². The average molecular weight is 434 g/mol. The van der Waals surface area contributed by atoms with Crippen LogP contribution in [0.3, 0.4) is 0 Å². The molecule has 3 nitrogen and oxygen atoms in total. The zero-order valence-corrected chi connectivity index (χ0v) is 16.5. The number of nitrogens with one attached hydrogen (secondary N) is 1. The number of carbonyl (C=O) groups excluding carboxylic acids is 1. The highest BCUT2D eigenvalue weighted by Gasteiger charge is 2.30. The number of hydrogen-bond donors (Lipinski definition) is 2. The van der Waals surface area contributed by atoms with Crippen LogP contribution in [0.25, 0.3) is 10.9 Å². The number of primary amides is 1. The van der Waals surface area contributed by atoms with E-state index in [1.165, 1.54) is 10.9 Å². The van der Waals surface area contributed by atoms with Crippen LogP contribution in [0.4, 0.5) is 17.6 Å². The van der Waals surface area contributed by atoms with Crippen molar-refractivity contribution in [3.63, 3.8) is 0 Å². The first kappa shape index (κ1) is 21.6. The van der Waals surface area contributed by atoms with Gasteiger partial charge in [0, 0.05) is 27.5 Å². The maximum absolute atomic E-state index is 12.9. The number of fused-ring (bicyclic) bond motifs is 1. The Morgan fingerprint density at radius 3 is 2.47 bits per heavy atom. The Morgan fingerprint density at radius 1 is 1.03 bits per heavy atom. The molecule has 0 aliphatic rings. The molecule has 30 heavy (non-hydrogen) atoms. The van der Waals surface area contributed by atoms with Crippen LogP contribution in [0.1, 0.15) is 26.4 Å². The van der Waals surface area contributed by atoms with Crippen molar-refractivity contribution in [3.05, 3.63) is 93.6 Å². The van der Waals surface area contributed by atoms with Gasteiger partial charge in [0.2, 0.25) is 5.91 Å². The van der Waals surface area contributed by atoms with Crippen LogP contribution >= 0.6 is 11.3 Å². The van der Waals surface area contributed by atoms with Crippen molar-refractivity contribution in [3.8, 4) is 0 Å². The predicted octanol–water partition coefficient (Wildman–Crippen LogP) is 5.96. The first-order valence-electron chi connectivity index (χ1n) is 8.99. The Balaban J connectivity index is 0.000000172. The number of aromatic nitrogens is 1. The minimum atomic E-state index is -4.43. The van der Waals surface area contributed by atoms with E-state index in [0.717, 1.165) is 36.7 Å². The summed E-state index contributed by atoms with van der Waals surface area (Å²) in [4.78, 5) is 15.1. The number of amides is 1. The number of nitrogens with two attached hydrogens (primary N) is 1. The molecule has 2 aromatic heterocycles. The van der Waals surface area contributed by atoms with Gasteiger partial charge >= 0.3 is 6.18 Å². The molecule has 0 aliphatic heterocycles. The molecule has 0 aliphatic carbocycles. The van der Waals surface area contributed by atoms with Crippen molar-refractivity contribution in [1.82, 2.24) is 4.98 Å². The number of thiophene rings is 1. The van der Waals surface area contributed by atoms with E-state index in [9.17, 15) is 22.4 Å². The van der Waals surface area contributed by atoms with Crippen LogP contribution in [0.2, 0.25) is 0 Å². The van der Waals surface area contributed by atoms with Gasteiger partial charge in [0.05, 0.1) is 5.56 Å². The summed E-state index contributed by atoms with van der Waals surface area (Å²) >= 11 is 1.74. The Bertz CT molecular complexity index is 1130. The first-order chi connectivity index (χ1) is 14.3. The quantitative estimate of drug-likeness (QED) is 0.383. The highest BCUT2D eigenvalue weighted by Crippen LogP contribution is 2.31. The number of rotatable bonds is 4. The molecule has 0 radical (unpaired) electrons. The number of aryl methyl sites for hydroxylation is 2. The van der Waals surface area contributed by atoms with Crippen LogP contribution in [-0.4, -0.2) is 10.9 Å². The molecule has 0 fully saturated rings. The Hall–Kier alpha value is -3.13. The molecule has 3 N–H and O–H groups in total. The summed E-state index contributed by atoms with van der Waals surface area (Å²) in [6, 6.07) is 14.6. The maximum atomic E-state index is 12.9. The average Bonchev–Trinajstić information content (AvgIpc) is 3.36. The molecule has 8 heteroatoms. The van der Waals surface area contributed by atoms with E-state index in [0.29, 0.717) is 11.1 Å². The minimum absolute atomic E-state index is 0.0418. The summed E-state index contributed by atoms with van der Waals surface area (Å²) in [5, 5.41) is 2.02. The highest BCUT2D eigenvalue weighted by molar-refractivity contribution is 7.09. The molecule has 0 spiro atoms. The number of carbonyl (C=O) groups is 1. The molecule has 1 amide bonds. The summed E-state index contributed by atoms with van der Waals surface area (Å²) in [5.41, 5.74) is 6.51. The van der Waals surface area contributed by atoms with Crippen molar-refractivity contribution >= 4 is 28.1 Å². The van der Waals surface area contributed by atoms with E-state index < -0.39 is 17.6 Å². The number of H-pyrrole nitrogens is 1. The minimum Gasteiger partial charge on any atom is -0.366 e. The zero-order valence-electron chi connectivity index (χ0n) is 15.7. The van der Waals surface area contributed by atoms with Crippen molar-refractivity contribution in [2.45, 2.75) is 19.0 Å². The number of aromatic amines is 1. The number of halogens is 4. The van der Waals surface area contributed by atoms with Gasteiger partial charge in [0.15, 0.2) is 0 Å². The van der Waals surface area contributed by atoms with Gasteiger partial charge < -0.3 is 10.7 Å². The van der Waals surface area contributed by atoms with Crippen LogP contribution in [0.15, 0.2) is 66.2 Å². The summed E-state index contributed by atoms with van der Waals surface area (Å²) in [6.07, 6.45) is -1.58. The molecule has 4 rings (SSSR count). The van der Waals surface area contributed by atoms with Crippen LogP contribution in [-0.2, 0) is 19.0 Å². The SMILES string of the molecule is Fc1c[nH]c2ccc(C(F)(F)F)cc12.NC(=O)c1ccccc1CCc1cccs1. The largest absolute Gasteiger partial charge is 0.416 e. The Kier molecular flexibility index (Phi) is 6.56. The topological polar surface area (TPSA) is 58.9 Å². The van der Waals surface area contributed by atoms with Gasteiger partial charge in [-0.25, -0.2) is 4.39 Å². The summed E-state index contributed by atoms with van der Waals surface area (Å²) < 4.78 is 49.6. The molecule has 0 bridgehead atoms. The normalized spacial score (nSPS) is 11.2. The van der Waals surface area contributed by atoms with E-state index in [-0.39, 0.29) is 11.3 Å². The second-order valence-electron chi connectivity index (χ2n) is 6.50. The van der Waals surface area contributed by atoms with Crippen molar-refractivity contribution < 1.29 is 22.4 Å². The van der Waals surface area contributed by atoms with Gasteiger partial charge in [-0.05, 0) is 54.1 Å². The fraction of sp³-hybridized carbons (Fsp3) is 0.136. The lowest BCUT2D eigenvalue weighted by molar-refractivity contribution is -0.137. The van der Waals surface area contributed by atoms with Gasteiger partial charge in [-0.3, -0.25) is 4.79 Å². The number of hydrogen-bond acceptors (Lipinski definition) is 2. The number of alkyl halides is 3. The van der Waals surface area contributed by atoms with Gasteiger partial charge in [-0.2, -0.15) is 13.2 Å². The molecular weight excluding hydrogens is 416 g/mol. The van der Waals surface area contributed by atoms with Crippen molar-refractivity contribution in [1.29, 1.82) is 0 Å². The van der Waals surface area contributed by atoms with Gasteiger partial charge in [-0.1, -0.05) is 24.3 Å². The molecule has 0 saturated heterocycles. The molecule has 156 valence electrons. The Morgan fingerprint density at radius 2 is 1.80 bits per heavy atom. The first-order valence-corrected chi connectivity index (χ1v) is 9.87. The van der Waals surface area contributed by atoms with Crippen LogP contribution in [0.5, 0.6) is 0 Å². The predicted molar refractivity (Wildman–Crippen MR) is 110 cm³/mol. The van der Waals surface area contributed by atoms with Gasteiger partial charge in [-0.15, -0.1) is 11.3 Å². The summed E-state index contributed by atoms with van der Waals surface area (Å²) in [5.74, 6) is -1.02. The number of benzene rings is 2. The molecular formula is C22H18F4N2OS. The second kappa shape index (κ2) is 9.13. The third-order valence-corrected chi connectivity index (χ3v) is 5.40. The lowest BCUT2D eigenvalue weighted by Gasteiger charge is -2.05. The standard InChI is InChI=1S/C13H13NOS.C9H5F4N/c14-13(15)12-6-2-1-4-10(12)7-8-11-5-3-9-16-11;10-7-4-14-8-2-1-5(3-6(7)8)9(11,12)13/h1-6,9H,7-8H2,(H2,14,15);1-4,14H. The zero-order chi connectivity index (χ0) is 21.7. The summed E-state index contributed by atoms with van der Waals surface area (Å²) in [6.45, 7) is 0. The van der Waals surface area contributed by atoms with Gasteiger partial charge in [0.1, 0.15) is 5.82 Å². The molecule has 4 aromatic rings. The molecule has 2 aromatic carbocycles. The fourth-order valence-corrected chi connectivity index (χ4v) is 3.66. The smallest absolute Gasteiger partial charge is 0.366 e. The highest BCUT2D eigenvalue weighted by atomic mass is 32.1. The lowest BCUT2D eigenvalue weighted by atomic mass is 10.0. The second-order valence-corrected chi connectivity index (χ2v) is 7.53. The monoisotopic (exact) mass is 434 g/mol. The third kappa shape index (κ3) is 5.27. The van der Waals surface area contributed by atoms with Crippen LogP contribution < -0.4 is 5.73 Å². The van der Waals surface area contributed by atoms with Crippen molar-refractivity contribution in [2.24, 2.45) is 5.73 Å². The van der Waals surface area contributed by atoms with E-state index in [4.69, 9.17) is 5.73 Å². The molecule has 0 unspecified atom stereocenters. The Labute approximate surface area is 174 Å². The molecule has 2 heterocycles. The van der Waals surface area contributed by atoms with E-state index in [1.807, 2.05) is 24.3 Å². The summed E-state index contributed by atoms with van der Waals surface area (Å²) in [7, 11) is 0. The molecule has 0 atom stereocenters. The van der Waals surface area contributed by atoms with E-state index >= 15 is 0 Å². The molecule has 0 saturated carbocycles. The van der Waals surface area contributed by atoms with Crippen LogP contribution in [0, 0.1) is 5.82 Å². The fourth-order valence-electron chi connectivity index (χ4n) is 2.95. The van der Waals surface area contributed by atoms with Gasteiger partial charge in [0.25, 0.3) is 0 Å². The third-order valence-electron chi connectivity index (χ3n) is 4.46. The van der Waals surface area contributed by atoms with E-state index in [1.54, 1.807) is 17.4 Å². The lowest BCUT2D eigenvalue weighted by Crippen LogP contribution is -2.13. The van der Waals surface area contributed by atoms with Crippen molar-refractivity contribution in [2.75, 3.05) is 0 Å². The maximum Gasteiger partial charge on any atom is 0.416 e.